The summed E-state index contributed by atoms with van der Waals surface area (Å²) in [5.74, 6) is -0.314. The molecule has 0 amide bonds. The van der Waals surface area contributed by atoms with Crippen molar-refractivity contribution in [3.63, 3.8) is 0 Å². The largest absolute Gasteiger partial charge is 0.462 e. The minimum absolute atomic E-state index is 0.222. The van der Waals surface area contributed by atoms with Crippen molar-refractivity contribution in [2.45, 2.75) is 26.4 Å². The standard InChI is InChI=1S/C8H14O3/c1-7(9)11-6-4-5-8(2,3)10/h4-5,10H,6H2,1-3H3/b5-4-. The highest BCUT2D eigenvalue weighted by atomic mass is 16.5. The zero-order valence-corrected chi connectivity index (χ0v) is 7.13. The van der Waals surface area contributed by atoms with Crippen LogP contribution in [0.4, 0.5) is 0 Å². The maximum Gasteiger partial charge on any atom is 0.302 e. The molecule has 0 aromatic carbocycles. The molecule has 0 saturated heterocycles. The van der Waals surface area contributed by atoms with Crippen molar-refractivity contribution in [2.75, 3.05) is 6.61 Å². The fourth-order valence-electron chi connectivity index (χ4n) is 0.502. The molecule has 0 radical (unpaired) electrons. The summed E-state index contributed by atoms with van der Waals surface area (Å²) in [6.07, 6.45) is 3.19. The summed E-state index contributed by atoms with van der Waals surface area (Å²) in [5.41, 5.74) is -0.833. The van der Waals surface area contributed by atoms with Gasteiger partial charge < -0.3 is 9.84 Å². The second-order valence-corrected chi connectivity index (χ2v) is 2.86. The van der Waals surface area contributed by atoms with Crippen LogP contribution in [-0.2, 0) is 9.53 Å². The van der Waals surface area contributed by atoms with Crippen LogP contribution in [0.25, 0.3) is 0 Å². The molecule has 0 saturated carbocycles. The normalized spacial score (nSPS) is 12.0. The second kappa shape index (κ2) is 4.13. The molecule has 0 aliphatic rings. The van der Waals surface area contributed by atoms with E-state index in [2.05, 4.69) is 4.74 Å². The van der Waals surface area contributed by atoms with E-state index in [9.17, 15) is 4.79 Å². The summed E-state index contributed by atoms with van der Waals surface area (Å²) in [4.78, 5) is 10.2. The summed E-state index contributed by atoms with van der Waals surface area (Å²) in [5, 5.41) is 9.16. The van der Waals surface area contributed by atoms with Crippen LogP contribution in [0.5, 0.6) is 0 Å². The highest BCUT2D eigenvalue weighted by molar-refractivity contribution is 5.65. The monoisotopic (exact) mass is 158 g/mol. The maximum absolute atomic E-state index is 10.2. The van der Waals surface area contributed by atoms with Crippen LogP contribution in [0, 0.1) is 0 Å². The first kappa shape index (κ1) is 10.2. The van der Waals surface area contributed by atoms with Crippen LogP contribution in [0.3, 0.4) is 0 Å². The number of aliphatic hydroxyl groups is 1. The van der Waals surface area contributed by atoms with Gasteiger partial charge in [0.05, 0.1) is 5.60 Å². The molecule has 11 heavy (non-hydrogen) atoms. The Kier molecular flexibility index (Phi) is 3.82. The summed E-state index contributed by atoms with van der Waals surface area (Å²) in [6, 6.07) is 0. The van der Waals surface area contributed by atoms with Gasteiger partial charge in [-0.1, -0.05) is 6.08 Å². The smallest absolute Gasteiger partial charge is 0.302 e. The molecule has 0 bridgehead atoms. The lowest BCUT2D eigenvalue weighted by atomic mass is 10.1. The van der Waals surface area contributed by atoms with Crippen molar-refractivity contribution in [2.24, 2.45) is 0 Å². The van der Waals surface area contributed by atoms with E-state index in [4.69, 9.17) is 5.11 Å². The topological polar surface area (TPSA) is 46.5 Å². The van der Waals surface area contributed by atoms with Gasteiger partial charge in [-0.25, -0.2) is 0 Å². The number of carbonyl (C=O) groups is 1. The van der Waals surface area contributed by atoms with Gasteiger partial charge in [-0.3, -0.25) is 4.79 Å². The van der Waals surface area contributed by atoms with Gasteiger partial charge in [0.25, 0.3) is 0 Å². The third-order valence-electron chi connectivity index (χ3n) is 0.909. The first-order chi connectivity index (χ1) is 4.92. The Balaban J connectivity index is 3.54. The van der Waals surface area contributed by atoms with Gasteiger partial charge in [-0.05, 0) is 19.9 Å². The van der Waals surface area contributed by atoms with Crippen molar-refractivity contribution < 1.29 is 14.6 Å². The molecule has 0 atom stereocenters. The van der Waals surface area contributed by atoms with Gasteiger partial charge in [0, 0.05) is 6.92 Å². The molecule has 3 nitrogen and oxygen atoms in total. The molecule has 0 unspecified atom stereocenters. The molecule has 0 aliphatic carbocycles. The Morgan fingerprint density at radius 3 is 2.55 bits per heavy atom. The van der Waals surface area contributed by atoms with Crippen LogP contribution < -0.4 is 0 Å². The van der Waals surface area contributed by atoms with Gasteiger partial charge in [0.1, 0.15) is 6.61 Å². The number of esters is 1. The van der Waals surface area contributed by atoms with E-state index in [1.54, 1.807) is 26.0 Å². The second-order valence-electron chi connectivity index (χ2n) is 2.86. The third kappa shape index (κ3) is 9.17. The van der Waals surface area contributed by atoms with Crippen LogP contribution in [0.15, 0.2) is 12.2 Å². The molecule has 0 aromatic rings. The Bertz CT molecular complexity index is 153. The SMILES string of the molecule is CC(=O)OC/C=C\C(C)(C)O. The summed E-state index contributed by atoms with van der Waals surface area (Å²) in [6.45, 7) is 4.87. The van der Waals surface area contributed by atoms with Gasteiger partial charge in [0.15, 0.2) is 0 Å². The van der Waals surface area contributed by atoms with E-state index in [1.165, 1.54) is 6.92 Å². The lowest BCUT2D eigenvalue weighted by molar-refractivity contribution is -0.139. The Hall–Kier alpha value is -0.830. The van der Waals surface area contributed by atoms with Crippen LogP contribution in [-0.4, -0.2) is 23.3 Å². The molecule has 3 heteroatoms. The van der Waals surface area contributed by atoms with Crippen molar-refractivity contribution in [3.8, 4) is 0 Å². The Morgan fingerprint density at radius 2 is 2.18 bits per heavy atom. The maximum atomic E-state index is 10.2. The highest BCUT2D eigenvalue weighted by Crippen LogP contribution is 2.01. The fourth-order valence-corrected chi connectivity index (χ4v) is 0.502. The molecule has 64 valence electrons. The molecule has 0 aromatic heterocycles. The third-order valence-corrected chi connectivity index (χ3v) is 0.909. The average Bonchev–Trinajstić information content (AvgIpc) is 1.78. The van der Waals surface area contributed by atoms with Crippen molar-refractivity contribution >= 4 is 5.97 Å². The first-order valence-corrected chi connectivity index (χ1v) is 3.45. The average molecular weight is 158 g/mol. The molecule has 0 spiro atoms. The minimum atomic E-state index is -0.833. The zero-order chi connectivity index (χ0) is 8.91. The predicted octanol–water partition coefficient (Wildman–Crippen LogP) is 0.877. The molecule has 0 heterocycles. The van der Waals surface area contributed by atoms with Crippen molar-refractivity contribution in [3.05, 3.63) is 12.2 Å². The fraction of sp³-hybridized carbons (Fsp3) is 0.625. The lowest BCUT2D eigenvalue weighted by Crippen LogP contribution is -2.14. The van der Waals surface area contributed by atoms with E-state index in [-0.39, 0.29) is 12.6 Å². The quantitative estimate of drug-likeness (QED) is 0.490. The number of ether oxygens (including phenoxy) is 1. The van der Waals surface area contributed by atoms with Gasteiger partial charge >= 0.3 is 5.97 Å². The Labute approximate surface area is 66.7 Å². The number of hydrogen-bond acceptors (Lipinski definition) is 3. The van der Waals surface area contributed by atoms with E-state index in [0.717, 1.165) is 0 Å². The minimum Gasteiger partial charge on any atom is -0.462 e. The van der Waals surface area contributed by atoms with Crippen LogP contribution >= 0.6 is 0 Å². The number of hydrogen-bond donors (Lipinski definition) is 1. The molecule has 0 aliphatic heterocycles. The Morgan fingerprint density at radius 1 is 1.64 bits per heavy atom. The highest BCUT2D eigenvalue weighted by Gasteiger charge is 2.04. The van der Waals surface area contributed by atoms with Gasteiger partial charge in [0.2, 0.25) is 0 Å². The molecule has 0 rings (SSSR count). The predicted molar refractivity (Wildman–Crippen MR) is 42.1 cm³/mol. The summed E-state index contributed by atoms with van der Waals surface area (Å²) in [7, 11) is 0. The van der Waals surface area contributed by atoms with Gasteiger partial charge in [-0.2, -0.15) is 0 Å². The van der Waals surface area contributed by atoms with E-state index >= 15 is 0 Å². The molecular weight excluding hydrogens is 144 g/mol. The van der Waals surface area contributed by atoms with Gasteiger partial charge in [-0.15, -0.1) is 0 Å². The van der Waals surface area contributed by atoms with E-state index < -0.39 is 5.60 Å². The summed E-state index contributed by atoms with van der Waals surface area (Å²) < 4.78 is 4.60. The van der Waals surface area contributed by atoms with E-state index in [0.29, 0.717) is 0 Å². The summed E-state index contributed by atoms with van der Waals surface area (Å²) >= 11 is 0. The van der Waals surface area contributed by atoms with Crippen LogP contribution in [0.1, 0.15) is 20.8 Å². The number of rotatable bonds is 3. The molecular formula is C8H14O3. The van der Waals surface area contributed by atoms with E-state index in [1.807, 2.05) is 0 Å². The van der Waals surface area contributed by atoms with Crippen molar-refractivity contribution in [1.29, 1.82) is 0 Å². The number of carbonyl (C=O) groups excluding carboxylic acids is 1. The first-order valence-electron chi connectivity index (χ1n) is 3.45. The lowest BCUT2D eigenvalue weighted by Gasteiger charge is -2.09. The van der Waals surface area contributed by atoms with Crippen molar-refractivity contribution in [1.82, 2.24) is 0 Å². The van der Waals surface area contributed by atoms with Crippen LogP contribution in [0.2, 0.25) is 0 Å². The zero-order valence-electron chi connectivity index (χ0n) is 7.13. The molecule has 0 fully saturated rings. The molecule has 1 N–H and O–H groups in total.